The fourth-order valence-corrected chi connectivity index (χ4v) is 2.00. The predicted octanol–water partition coefficient (Wildman–Crippen LogP) is 2.51. The number of esters is 1. The molecule has 0 aromatic rings. The van der Waals surface area contributed by atoms with Gasteiger partial charge in [0.05, 0.1) is 29.6 Å². The van der Waals surface area contributed by atoms with Gasteiger partial charge in [-0.2, -0.15) is 0 Å². The third-order valence-electron chi connectivity index (χ3n) is 4.34. The Labute approximate surface area is 117 Å². The molecule has 0 amide bonds. The monoisotopic (exact) mass is 274 g/mol. The van der Waals surface area contributed by atoms with Gasteiger partial charge >= 0.3 is 5.97 Å². The van der Waals surface area contributed by atoms with Gasteiger partial charge in [0.15, 0.2) is 0 Å². The summed E-state index contributed by atoms with van der Waals surface area (Å²) in [4.78, 5) is 11.7. The van der Waals surface area contributed by atoms with E-state index in [2.05, 4.69) is 0 Å². The highest BCUT2D eigenvalue weighted by Crippen LogP contribution is 2.33. The lowest BCUT2D eigenvalue weighted by Gasteiger charge is -2.41. The van der Waals surface area contributed by atoms with Gasteiger partial charge < -0.3 is 14.9 Å². The number of hydrogen-bond acceptors (Lipinski definition) is 4. The first-order valence-electron chi connectivity index (χ1n) is 7.23. The van der Waals surface area contributed by atoms with Gasteiger partial charge in [0.25, 0.3) is 0 Å². The molecule has 3 atom stereocenters. The summed E-state index contributed by atoms with van der Waals surface area (Å²) in [5, 5.41) is 20.8. The van der Waals surface area contributed by atoms with Crippen LogP contribution in [0.2, 0.25) is 0 Å². The van der Waals surface area contributed by atoms with E-state index in [0.717, 1.165) is 6.42 Å². The standard InChI is InChI=1S/C15H30O4/c1-7-11(4)13(16)19-10-12(14(5,17)8-2)15(6,18)9-3/h11-12,17-18H,7-10H2,1-6H3. The molecule has 0 saturated carbocycles. The van der Waals surface area contributed by atoms with Gasteiger partial charge in [-0.05, 0) is 33.1 Å². The third-order valence-corrected chi connectivity index (χ3v) is 4.34. The van der Waals surface area contributed by atoms with Gasteiger partial charge in [-0.15, -0.1) is 0 Å². The molecule has 0 aromatic heterocycles. The van der Waals surface area contributed by atoms with Crippen LogP contribution in [0.25, 0.3) is 0 Å². The number of carbonyl (C=O) groups is 1. The lowest BCUT2D eigenvalue weighted by atomic mass is 9.75. The van der Waals surface area contributed by atoms with Gasteiger partial charge in [0, 0.05) is 0 Å². The molecular weight excluding hydrogens is 244 g/mol. The molecule has 0 spiro atoms. The molecule has 0 radical (unpaired) electrons. The minimum absolute atomic E-state index is 0.0465. The number of hydrogen-bond donors (Lipinski definition) is 2. The maximum atomic E-state index is 11.7. The normalized spacial score (nSPS) is 21.1. The van der Waals surface area contributed by atoms with Crippen LogP contribution in [0, 0.1) is 11.8 Å². The largest absolute Gasteiger partial charge is 0.465 e. The van der Waals surface area contributed by atoms with Gasteiger partial charge in [-0.25, -0.2) is 0 Å². The zero-order chi connectivity index (χ0) is 15.3. The van der Waals surface area contributed by atoms with Crippen molar-refractivity contribution in [3.63, 3.8) is 0 Å². The molecule has 114 valence electrons. The maximum Gasteiger partial charge on any atom is 0.308 e. The molecule has 19 heavy (non-hydrogen) atoms. The fraction of sp³-hybridized carbons (Fsp3) is 0.933. The second-order valence-electron chi connectivity index (χ2n) is 5.91. The first-order chi connectivity index (χ1) is 8.62. The molecule has 0 aliphatic heterocycles. The summed E-state index contributed by atoms with van der Waals surface area (Å²) in [6, 6.07) is 0. The molecular formula is C15H30O4. The molecule has 4 nitrogen and oxygen atoms in total. The van der Waals surface area contributed by atoms with E-state index in [4.69, 9.17) is 4.74 Å². The average Bonchev–Trinajstić information content (AvgIpc) is 2.37. The highest BCUT2D eigenvalue weighted by atomic mass is 16.5. The van der Waals surface area contributed by atoms with Gasteiger partial charge in [-0.1, -0.05) is 27.7 Å². The molecule has 4 heteroatoms. The van der Waals surface area contributed by atoms with Gasteiger partial charge in [0.1, 0.15) is 0 Å². The van der Waals surface area contributed by atoms with E-state index in [0.29, 0.717) is 12.8 Å². The Morgan fingerprint density at radius 1 is 1.11 bits per heavy atom. The first kappa shape index (κ1) is 18.4. The minimum Gasteiger partial charge on any atom is -0.465 e. The molecule has 0 saturated heterocycles. The Balaban J connectivity index is 4.85. The Hall–Kier alpha value is -0.610. The summed E-state index contributed by atoms with van der Waals surface area (Å²) in [6.07, 6.45) is 1.71. The highest BCUT2D eigenvalue weighted by Gasteiger charge is 2.43. The molecule has 0 aliphatic carbocycles. The van der Waals surface area contributed by atoms with E-state index < -0.39 is 17.1 Å². The maximum absolute atomic E-state index is 11.7. The number of aliphatic hydroxyl groups is 2. The molecule has 0 aliphatic rings. The summed E-state index contributed by atoms with van der Waals surface area (Å²) in [7, 11) is 0. The summed E-state index contributed by atoms with van der Waals surface area (Å²) in [6.45, 7) is 10.9. The SMILES string of the molecule is CCC(C)C(=O)OCC(C(C)(O)CC)C(C)(O)CC. The Morgan fingerprint density at radius 3 is 1.84 bits per heavy atom. The molecule has 2 N–H and O–H groups in total. The summed E-state index contributed by atoms with van der Waals surface area (Å²) < 4.78 is 5.27. The van der Waals surface area contributed by atoms with Crippen molar-refractivity contribution in [3.05, 3.63) is 0 Å². The van der Waals surface area contributed by atoms with Crippen molar-refractivity contribution in [1.29, 1.82) is 0 Å². The first-order valence-corrected chi connectivity index (χ1v) is 7.23. The average molecular weight is 274 g/mol. The van der Waals surface area contributed by atoms with Gasteiger partial charge in [-0.3, -0.25) is 4.79 Å². The van der Waals surface area contributed by atoms with Crippen molar-refractivity contribution in [2.45, 2.75) is 72.0 Å². The van der Waals surface area contributed by atoms with Gasteiger partial charge in [0.2, 0.25) is 0 Å². The van der Waals surface area contributed by atoms with Crippen LogP contribution in [-0.2, 0) is 9.53 Å². The van der Waals surface area contributed by atoms with E-state index in [-0.39, 0.29) is 18.5 Å². The highest BCUT2D eigenvalue weighted by molar-refractivity contribution is 5.71. The van der Waals surface area contributed by atoms with Crippen molar-refractivity contribution in [2.75, 3.05) is 6.61 Å². The molecule has 0 bridgehead atoms. The fourth-order valence-electron chi connectivity index (χ4n) is 2.00. The smallest absolute Gasteiger partial charge is 0.308 e. The van der Waals surface area contributed by atoms with Crippen molar-refractivity contribution in [3.8, 4) is 0 Å². The zero-order valence-corrected chi connectivity index (χ0v) is 13.2. The summed E-state index contributed by atoms with van der Waals surface area (Å²) >= 11 is 0. The van der Waals surface area contributed by atoms with Crippen LogP contribution in [-0.4, -0.2) is 34.0 Å². The molecule has 0 heterocycles. The van der Waals surface area contributed by atoms with Crippen molar-refractivity contribution < 1.29 is 19.7 Å². The van der Waals surface area contributed by atoms with Crippen LogP contribution in [0.1, 0.15) is 60.8 Å². The molecule has 0 aromatic carbocycles. The predicted molar refractivity (Wildman–Crippen MR) is 75.7 cm³/mol. The summed E-state index contributed by atoms with van der Waals surface area (Å²) in [5.41, 5.74) is -2.12. The van der Waals surface area contributed by atoms with Crippen LogP contribution in [0.4, 0.5) is 0 Å². The van der Waals surface area contributed by atoms with Crippen LogP contribution in [0.5, 0.6) is 0 Å². The summed E-state index contributed by atoms with van der Waals surface area (Å²) in [5.74, 6) is -0.923. The molecule has 0 rings (SSSR count). The number of carbonyl (C=O) groups excluding carboxylic acids is 1. The topological polar surface area (TPSA) is 66.8 Å². The minimum atomic E-state index is -1.06. The Bertz CT molecular complexity index is 268. The second kappa shape index (κ2) is 7.25. The molecule has 0 fully saturated rings. The number of ether oxygens (including phenoxy) is 1. The Morgan fingerprint density at radius 2 is 1.53 bits per heavy atom. The van der Waals surface area contributed by atoms with E-state index in [9.17, 15) is 15.0 Å². The third kappa shape index (κ3) is 5.11. The second-order valence-corrected chi connectivity index (χ2v) is 5.91. The van der Waals surface area contributed by atoms with E-state index in [1.807, 2.05) is 27.7 Å². The van der Waals surface area contributed by atoms with Crippen molar-refractivity contribution in [2.24, 2.45) is 11.8 Å². The van der Waals surface area contributed by atoms with Crippen molar-refractivity contribution >= 4 is 5.97 Å². The van der Waals surface area contributed by atoms with E-state index in [1.54, 1.807) is 13.8 Å². The zero-order valence-electron chi connectivity index (χ0n) is 13.2. The van der Waals surface area contributed by atoms with E-state index in [1.165, 1.54) is 0 Å². The number of rotatable bonds is 8. The van der Waals surface area contributed by atoms with Crippen LogP contribution >= 0.6 is 0 Å². The van der Waals surface area contributed by atoms with E-state index >= 15 is 0 Å². The molecule has 3 unspecified atom stereocenters. The van der Waals surface area contributed by atoms with Crippen molar-refractivity contribution in [1.82, 2.24) is 0 Å². The van der Waals surface area contributed by atoms with Crippen LogP contribution in [0.15, 0.2) is 0 Å². The quantitative estimate of drug-likeness (QED) is 0.667. The van der Waals surface area contributed by atoms with Crippen LogP contribution in [0.3, 0.4) is 0 Å². The lowest BCUT2D eigenvalue weighted by molar-refractivity contribution is -0.165. The Kier molecular flexibility index (Phi) is 7.01. The van der Waals surface area contributed by atoms with Crippen LogP contribution < -0.4 is 0 Å². The lowest BCUT2D eigenvalue weighted by Crippen LogP contribution is -2.51.